The highest BCUT2D eigenvalue weighted by Gasteiger charge is 2.05. The summed E-state index contributed by atoms with van der Waals surface area (Å²) in [5.41, 5.74) is 0. The predicted octanol–water partition coefficient (Wildman–Crippen LogP) is 2.21. The van der Waals surface area contributed by atoms with Crippen LogP contribution in [0.15, 0.2) is 22.8 Å². The largest absolute Gasteiger partial charge is 0.466 e. The molecule has 2 aromatic rings. The summed E-state index contributed by atoms with van der Waals surface area (Å²) >= 11 is 1.46. The Hall–Kier alpha value is -1.40. The molecule has 92 valence electrons. The molecule has 0 saturated carbocycles. The zero-order chi connectivity index (χ0) is 11.9. The molecule has 0 saturated heterocycles. The van der Waals surface area contributed by atoms with Crippen LogP contribution in [-0.2, 0) is 13.2 Å². The minimum absolute atomic E-state index is 0.393. The maximum atomic E-state index is 5.46. The summed E-state index contributed by atoms with van der Waals surface area (Å²) in [5.74, 6) is 0.783. The van der Waals surface area contributed by atoms with E-state index in [0.29, 0.717) is 11.8 Å². The van der Waals surface area contributed by atoms with Crippen molar-refractivity contribution >= 4 is 11.3 Å². The molecule has 0 unspecified atom stereocenters. The monoisotopic (exact) mass is 253 g/mol. The fraction of sp³-hybridized carbons (Fsp3) is 0.455. The zero-order valence-electron chi connectivity index (χ0n) is 9.68. The molecule has 0 aliphatic carbocycles. The van der Waals surface area contributed by atoms with E-state index in [9.17, 15) is 0 Å². The van der Waals surface area contributed by atoms with Gasteiger partial charge in [-0.1, -0.05) is 23.4 Å². The second-order valence-electron chi connectivity index (χ2n) is 3.51. The first-order valence-corrected chi connectivity index (χ1v) is 6.38. The van der Waals surface area contributed by atoms with Crippen LogP contribution >= 0.6 is 11.3 Å². The summed E-state index contributed by atoms with van der Waals surface area (Å²) in [4.78, 5) is 0. The molecule has 0 fully saturated rings. The minimum Gasteiger partial charge on any atom is -0.466 e. The number of nitrogens with one attached hydrogen (secondary N) is 1. The Morgan fingerprint density at radius 3 is 3.18 bits per heavy atom. The van der Waals surface area contributed by atoms with E-state index < -0.39 is 0 Å². The predicted molar refractivity (Wildman–Crippen MR) is 64.9 cm³/mol. The van der Waals surface area contributed by atoms with Crippen molar-refractivity contribution in [1.82, 2.24) is 15.5 Å². The van der Waals surface area contributed by atoms with Gasteiger partial charge < -0.3 is 14.5 Å². The van der Waals surface area contributed by atoms with Crippen LogP contribution in [0, 0.1) is 0 Å². The second-order valence-corrected chi connectivity index (χ2v) is 4.53. The van der Waals surface area contributed by atoms with Gasteiger partial charge >= 0.3 is 0 Å². The molecule has 5 nitrogen and oxygen atoms in total. The molecule has 0 radical (unpaired) electrons. The normalized spacial score (nSPS) is 10.6. The lowest BCUT2D eigenvalue weighted by Gasteiger charge is -1.97. The molecule has 17 heavy (non-hydrogen) atoms. The summed E-state index contributed by atoms with van der Waals surface area (Å²) in [7, 11) is 0. The Balaban J connectivity index is 1.77. The Labute approximate surface area is 104 Å². The van der Waals surface area contributed by atoms with Crippen LogP contribution in [0.3, 0.4) is 0 Å². The average Bonchev–Trinajstić information content (AvgIpc) is 2.98. The second kappa shape index (κ2) is 6.36. The van der Waals surface area contributed by atoms with Crippen LogP contribution in [0.1, 0.15) is 24.1 Å². The number of furan rings is 1. The molecule has 2 heterocycles. The molecule has 0 spiro atoms. The number of hydrogen-bond acceptors (Lipinski definition) is 6. The fourth-order valence-corrected chi connectivity index (χ4v) is 1.92. The van der Waals surface area contributed by atoms with Gasteiger partial charge in [-0.05, 0) is 25.1 Å². The smallest absolute Gasteiger partial charge is 0.294 e. The molecule has 0 atom stereocenters. The van der Waals surface area contributed by atoms with E-state index >= 15 is 0 Å². The van der Waals surface area contributed by atoms with Crippen molar-refractivity contribution in [2.24, 2.45) is 0 Å². The van der Waals surface area contributed by atoms with Crippen LogP contribution in [0.5, 0.6) is 5.19 Å². The molecule has 6 heteroatoms. The van der Waals surface area contributed by atoms with Gasteiger partial charge in [0, 0.05) is 6.54 Å². The van der Waals surface area contributed by atoms with Gasteiger partial charge in [-0.15, -0.1) is 5.10 Å². The van der Waals surface area contributed by atoms with Crippen molar-refractivity contribution in [1.29, 1.82) is 0 Å². The van der Waals surface area contributed by atoms with Crippen LogP contribution in [0.2, 0.25) is 0 Å². The summed E-state index contributed by atoms with van der Waals surface area (Å²) in [6, 6.07) is 3.70. The Morgan fingerprint density at radius 2 is 2.41 bits per heavy atom. The molecule has 0 aliphatic heterocycles. The summed E-state index contributed by atoms with van der Waals surface area (Å²) in [6.45, 7) is 4.26. The summed E-state index contributed by atoms with van der Waals surface area (Å²) in [5, 5.41) is 12.8. The number of ether oxygens (including phenoxy) is 1. The lowest BCUT2D eigenvalue weighted by Crippen LogP contribution is -2.13. The van der Waals surface area contributed by atoms with Gasteiger partial charge in [0.05, 0.1) is 6.26 Å². The molecule has 0 aromatic carbocycles. The highest BCUT2D eigenvalue weighted by Crippen LogP contribution is 2.18. The van der Waals surface area contributed by atoms with Crippen LogP contribution in [0.25, 0.3) is 0 Å². The molecular formula is C11H15N3O2S. The van der Waals surface area contributed by atoms with Gasteiger partial charge in [0.15, 0.2) is 0 Å². The number of hydrogen-bond donors (Lipinski definition) is 1. The van der Waals surface area contributed by atoms with Gasteiger partial charge in [-0.2, -0.15) is 0 Å². The Morgan fingerprint density at radius 1 is 1.47 bits per heavy atom. The zero-order valence-corrected chi connectivity index (χ0v) is 10.5. The van der Waals surface area contributed by atoms with Crippen LogP contribution in [-0.4, -0.2) is 16.7 Å². The molecule has 0 amide bonds. The van der Waals surface area contributed by atoms with Gasteiger partial charge in [0.1, 0.15) is 17.4 Å². The van der Waals surface area contributed by atoms with Crippen molar-refractivity contribution in [3.8, 4) is 5.19 Å². The third-order valence-electron chi connectivity index (χ3n) is 2.07. The van der Waals surface area contributed by atoms with Gasteiger partial charge in [0.25, 0.3) is 5.19 Å². The van der Waals surface area contributed by atoms with Crippen molar-refractivity contribution in [2.75, 3.05) is 6.54 Å². The highest BCUT2D eigenvalue weighted by atomic mass is 32.1. The highest BCUT2D eigenvalue weighted by molar-refractivity contribution is 7.13. The van der Waals surface area contributed by atoms with Crippen molar-refractivity contribution < 1.29 is 9.15 Å². The van der Waals surface area contributed by atoms with Crippen LogP contribution in [0.4, 0.5) is 0 Å². The van der Waals surface area contributed by atoms with E-state index in [4.69, 9.17) is 9.15 Å². The molecule has 2 aromatic heterocycles. The third kappa shape index (κ3) is 3.83. The quantitative estimate of drug-likeness (QED) is 0.767. The molecule has 1 N–H and O–H groups in total. The molecule has 2 rings (SSSR count). The Bertz CT molecular complexity index is 428. The van der Waals surface area contributed by atoms with E-state index in [2.05, 4.69) is 22.4 Å². The van der Waals surface area contributed by atoms with E-state index in [-0.39, 0.29) is 0 Å². The van der Waals surface area contributed by atoms with Crippen molar-refractivity contribution in [3.05, 3.63) is 29.2 Å². The van der Waals surface area contributed by atoms with Gasteiger partial charge in [-0.25, -0.2) is 0 Å². The first kappa shape index (κ1) is 12.1. The summed E-state index contributed by atoms with van der Waals surface area (Å²) < 4.78 is 10.6. The number of rotatable bonds is 7. The third-order valence-corrected chi connectivity index (χ3v) is 2.91. The Kier molecular flexibility index (Phi) is 4.52. The fourth-order valence-electron chi connectivity index (χ4n) is 1.27. The van der Waals surface area contributed by atoms with E-state index in [1.807, 2.05) is 12.1 Å². The van der Waals surface area contributed by atoms with Gasteiger partial charge in [0.2, 0.25) is 0 Å². The van der Waals surface area contributed by atoms with E-state index in [0.717, 1.165) is 30.3 Å². The first-order valence-electron chi connectivity index (χ1n) is 5.56. The van der Waals surface area contributed by atoms with Crippen molar-refractivity contribution in [3.63, 3.8) is 0 Å². The molecule has 0 aliphatic rings. The van der Waals surface area contributed by atoms with Crippen LogP contribution < -0.4 is 10.1 Å². The van der Waals surface area contributed by atoms with E-state index in [1.54, 1.807) is 6.26 Å². The lowest BCUT2D eigenvalue weighted by molar-refractivity contribution is 0.267. The molecule has 0 bridgehead atoms. The van der Waals surface area contributed by atoms with Gasteiger partial charge in [-0.3, -0.25) is 0 Å². The first-order chi connectivity index (χ1) is 8.38. The average molecular weight is 253 g/mol. The standard InChI is InChI=1S/C11H15N3O2S/c1-2-5-12-7-10-13-14-11(17-10)16-8-9-4-3-6-15-9/h3-4,6,12H,2,5,7-8H2,1H3. The van der Waals surface area contributed by atoms with Crippen molar-refractivity contribution in [2.45, 2.75) is 26.5 Å². The lowest BCUT2D eigenvalue weighted by atomic mass is 10.5. The maximum absolute atomic E-state index is 5.46. The topological polar surface area (TPSA) is 60.2 Å². The SMILES string of the molecule is CCCNCc1nnc(OCc2ccco2)s1. The molecular weight excluding hydrogens is 238 g/mol. The summed E-state index contributed by atoms with van der Waals surface area (Å²) in [6.07, 6.45) is 2.74. The maximum Gasteiger partial charge on any atom is 0.294 e. The number of aromatic nitrogens is 2. The van der Waals surface area contributed by atoms with E-state index in [1.165, 1.54) is 11.3 Å². The minimum atomic E-state index is 0.393. The number of nitrogens with zero attached hydrogens (tertiary/aromatic N) is 2.